The van der Waals surface area contributed by atoms with Gasteiger partial charge in [0, 0.05) is 53.0 Å². The van der Waals surface area contributed by atoms with Gasteiger partial charge in [0.25, 0.3) is 17.8 Å². The van der Waals surface area contributed by atoms with Crippen LogP contribution in [0.3, 0.4) is 0 Å². The average molecular weight is 504 g/mol. The number of ether oxygens (including phenoxy) is 3. The van der Waals surface area contributed by atoms with Crippen LogP contribution in [0, 0.1) is 0 Å². The third kappa shape index (κ3) is 7.26. The lowest BCUT2D eigenvalue weighted by Crippen LogP contribution is -2.52. The molecule has 1 aliphatic rings. The molecule has 0 radical (unpaired) electrons. The number of benzene rings is 1. The molecule has 1 aromatic heterocycles. The Morgan fingerprint density at radius 1 is 1.19 bits per heavy atom. The van der Waals surface area contributed by atoms with Gasteiger partial charge in [-0.3, -0.25) is 14.5 Å². The van der Waals surface area contributed by atoms with Crippen LogP contribution in [0.4, 0.5) is 11.7 Å². The first-order valence-corrected chi connectivity index (χ1v) is 11.9. The van der Waals surface area contributed by atoms with E-state index in [-0.39, 0.29) is 17.1 Å². The number of carbonyl (C=O) groups excluding carboxylic acids is 2. The lowest BCUT2D eigenvalue weighted by molar-refractivity contribution is -0.0552. The molecular formula is C25H37N5O6. The normalized spacial score (nSPS) is 15.5. The number of rotatable bonds is 12. The molecule has 0 aliphatic carbocycles. The van der Waals surface area contributed by atoms with E-state index in [0.717, 1.165) is 12.1 Å². The predicted molar refractivity (Wildman–Crippen MR) is 136 cm³/mol. The first-order chi connectivity index (χ1) is 17.2. The summed E-state index contributed by atoms with van der Waals surface area (Å²) in [5.74, 6) is -0.774. The first kappa shape index (κ1) is 27.6. The quantitative estimate of drug-likeness (QED) is 0.419. The molecule has 2 N–H and O–H groups in total. The topological polar surface area (TPSA) is 118 Å². The summed E-state index contributed by atoms with van der Waals surface area (Å²) in [7, 11) is 4.98. The number of carbonyl (C=O) groups is 2. The van der Waals surface area contributed by atoms with Gasteiger partial charge in [0.15, 0.2) is 5.69 Å². The minimum Gasteiger partial charge on any atom is -0.431 e. The fourth-order valence-corrected chi connectivity index (χ4v) is 3.81. The summed E-state index contributed by atoms with van der Waals surface area (Å²) in [5, 5.41) is 5.65. The van der Waals surface area contributed by atoms with E-state index >= 15 is 0 Å². The number of hydrogen-bond donors (Lipinski definition) is 2. The van der Waals surface area contributed by atoms with Gasteiger partial charge in [-0.2, -0.15) is 4.98 Å². The van der Waals surface area contributed by atoms with Crippen molar-refractivity contribution in [1.29, 1.82) is 0 Å². The van der Waals surface area contributed by atoms with Gasteiger partial charge in [-0.15, -0.1) is 0 Å². The minimum atomic E-state index is -0.474. The van der Waals surface area contributed by atoms with E-state index in [0.29, 0.717) is 63.3 Å². The van der Waals surface area contributed by atoms with Crippen molar-refractivity contribution in [3.05, 3.63) is 41.3 Å². The molecule has 198 valence electrons. The van der Waals surface area contributed by atoms with E-state index in [2.05, 4.69) is 34.4 Å². The summed E-state index contributed by atoms with van der Waals surface area (Å²) in [6.07, 6.45) is 1.29. The molecule has 3 rings (SSSR count). The van der Waals surface area contributed by atoms with Gasteiger partial charge in [0.05, 0.1) is 37.7 Å². The van der Waals surface area contributed by atoms with E-state index < -0.39 is 5.91 Å². The van der Waals surface area contributed by atoms with Gasteiger partial charge >= 0.3 is 0 Å². The summed E-state index contributed by atoms with van der Waals surface area (Å²) in [6, 6.07) is 5.78. The summed E-state index contributed by atoms with van der Waals surface area (Å²) < 4.78 is 21.2. The summed E-state index contributed by atoms with van der Waals surface area (Å²) in [4.78, 5) is 34.3. The average Bonchev–Trinajstić information content (AvgIpc) is 3.35. The highest BCUT2D eigenvalue weighted by Crippen LogP contribution is 2.25. The SMILES string of the molecule is COCCNC(=O)c1cc(CN2CCOCC2(C)C)ccc1NC(=O)c1coc(N(C)CCOC)n1. The van der Waals surface area contributed by atoms with Crippen LogP contribution >= 0.6 is 0 Å². The Kier molecular flexibility index (Phi) is 9.82. The second-order valence-corrected chi connectivity index (χ2v) is 9.30. The van der Waals surface area contributed by atoms with Gasteiger partial charge in [0.2, 0.25) is 0 Å². The van der Waals surface area contributed by atoms with E-state index in [1.165, 1.54) is 6.26 Å². The number of methoxy groups -OCH3 is 2. The van der Waals surface area contributed by atoms with E-state index in [4.69, 9.17) is 18.6 Å². The van der Waals surface area contributed by atoms with Crippen LogP contribution in [0.5, 0.6) is 0 Å². The second kappa shape index (κ2) is 12.8. The maximum absolute atomic E-state index is 13.0. The lowest BCUT2D eigenvalue weighted by atomic mass is 10.00. The maximum atomic E-state index is 13.0. The Morgan fingerprint density at radius 3 is 2.69 bits per heavy atom. The monoisotopic (exact) mass is 503 g/mol. The number of amides is 2. The van der Waals surface area contributed by atoms with Crippen LogP contribution in [0.15, 0.2) is 28.9 Å². The molecule has 1 aromatic carbocycles. The number of aromatic nitrogens is 1. The number of nitrogens with zero attached hydrogens (tertiary/aromatic N) is 3. The molecule has 11 nitrogen and oxygen atoms in total. The van der Waals surface area contributed by atoms with Crippen LogP contribution in [-0.2, 0) is 20.8 Å². The van der Waals surface area contributed by atoms with Crippen LogP contribution in [0.1, 0.15) is 40.3 Å². The predicted octanol–water partition coefficient (Wildman–Crippen LogP) is 2.00. The minimum absolute atomic E-state index is 0.110. The van der Waals surface area contributed by atoms with Gasteiger partial charge in [-0.25, -0.2) is 0 Å². The van der Waals surface area contributed by atoms with Gasteiger partial charge in [-0.05, 0) is 31.5 Å². The Hall–Kier alpha value is -2.99. The summed E-state index contributed by atoms with van der Waals surface area (Å²) in [5.41, 5.74) is 1.70. The van der Waals surface area contributed by atoms with Crippen LogP contribution in [-0.4, -0.2) is 94.6 Å². The van der Waals surface area contributed by atoms with Crippen molar-refractivity contribution in [3.63, 3.8) is 0 Å². The largest absolute Gasteiger partial charge is 0.431 e. The zero-order chi connectivity index (χ0) is 26.1. The zero-order valence-electron chi connectivity index (χ0n) is 21.8. The van der Waals surface area contributed by atoms with Crippen LogP contribution in [0.25, 0.3) is 0 Å². The Labute approximate surface area is 212 Å². The molecule has 1 saturated heterocycles. The third-order valence-corrected chi connectivity index (χ3v) is 6.04. The number of morpholine rings is 1. The van der Waals surface area contributed by atoms with Crippen molar-refractivity contribution in [3.8, 4) is 0 Å². The Bertz CT molecular complexity index is 1020. The fraction of sp³-hybridized carbons (Fsp3) is 0.560. The molecule has 1 aliphatic heterocycles. The molecule has 0 unspecified atom stereocenters. The molecule has 2 amide bonds. The molecule has 2 heterocycles. The zero-order valence-corrected chi connectivity index (χ0v) is 21.8. The number of anilines is 2. The van der Waals surface area contributed by atoms with Crippen molar-refractivity contribution >= 4 is 23.5 Å². The molecular weight excluding hydrogens is 466 g/mol. The molecule has 0 atom stereocenters. The van der Waals surface area contributed by atoms with Crippen molar-refractivity contribution in [2.75, 3.05) is 77.5 Å². The van der Waals surface area contributed by atoms with Crippen molar-refractivity contribution in [2.45, 2.75) is 25.9 Å². The molecule has 0 saturated carbocycles. The maximum Gasteiger partial charge on any atom is 0.297 e. The van der Waals surface area contributed by atoms with Gasteiger partial charge in [-0.1, -0.05) is 6.07 Å². The smallest absolute Gasteiger partial charge is 0.297 e. The fourth-order valence-electron chi connectivity index (χ4n) is 3.81. The summed E-state index contributed by atoms with van der Waals surface area (Å²) in [6.45, 7) is 8.83. The van der Waals surface area contributed by atoms with E-state index in [9.17, 15) is 9.59 Å². The van der Waals surface area contributed by atoms with E-state index in [1.54, 1.807) is 32.2 Å². The highest BCUT2D eigenvalue weighted by atomic mass is 16.5. The first-order valence-electron chi connectivity index (χ1n) is 11.9. The molecule has 0 bridgehead atoms. The third-order valence-electron chi connectivity index (χ3n) is 6.04. The van der Waals surface area contributed by atoms with Crippen LogP contribution < -0.4 is 15.5 Å². The molecule has 0 spiro atoms. The van der Waals surface area contributed by atoms with Crippen LogP contribution in [0.2, 0.25) is 0 Å². The van der Waals surface area contributed by atoms with Gasteiger partial charge < -0.3 is 34.2 Å². The lowest BCUT2D eigenvalue weighted by Gasteiger charge is -2.42. The molecule has 11 heteroatoms. The Morgan fingerprint density at radius 2 is 1.97 bits per heavy atom. The van der Waals surface area contributed by atoms with Gasteiger partial charge in [0.1, 0.15) is 6.26 Å². The number of oxazole rings is 1. The standard InChI is InChI=1S/C25H37N5O6/c1-25(2)17-35-13-10-30(25)15-18-6-7-20(19(14-18)22(31)26-8-11-33-4)27-23(32)21-16-36-24(28-21)29(3)9-12-34-5/h6-7,14,16H,8-13,15,17H2,1-5H3,(H,26,31)(H,27,32). The Balaban J connectivity index is 1.79. The van der Waals surface area contributed by atoms with Crippen molar-refractivity contribution in [1.82, 2.24) is 15.2 Å². The molecule has 1 fully saturated rings. The number of likely N-dealkylation sites (N-methyl/N-ethyl adjacent to an activating group) is 1. The highest BCUT2D eigenvalue weighted by molar-refractivity contribution is 6.08. The van der Waals surface area contributed by atoms with E-state index in [1.807, 2.05) is 12.1 Å². The van der Waals surface area contributed by atoms with Crippen molar-refractivity contribution < 1.29 is 28.2 Å². The molecule has 36 heavy (non-hydrogen) atoms. The van der Waals surface area contributed by atoms with Crippen molar-refractivity contribution in [2.24, 2.45) is 0 Å². The highest BCUT2D eigenvalue weighted by Gasteiger charge is 2.30. The molecule has 2 aromatic rings. The number of nitrogens with one attached hydrogen (secondary N) is 2. The number of hydrogen-bond acceptors (Lipinski definition) is 9. The second-order valence-electron chi connectivity index (χ2n) is 9.30. The summed E-state index contributed by atoms with van der Waals surface area (Å²) >= 11 is 0.